The average molecular weight is 794 g/mol. The van der Waals surface area contributed by atoms with Crippen LogP contribution in [0, 0.1) is 0 Å². The maximum Gasteiger partial charge on any atom is 0.0716 e. The zero-order valence-corrected chi connectivity index (χ0v) is 33.9. The van der Waals surface area contributed by atoms with E-state index in [1.165, 1.54) is 46.0 Å². The molecule has 1 aliphatic rings. The number of nitrogens with zero attached hydrogens (tertiary/aromatic N) is 3. The molecule has 11 rings (SSSR count). The number of rotatable bonds is 9. The monoisotopic (exact) mass is 793 g/mol. The van der Waals surface area contributed by atoms with Crippen molar-refractivity contribution in [3.8, 4) is 0 Å². The second-order valence-corrected chi connectivity index (χ2v) is 17.0. The van der Waals surface area contributed by atoms with Crippen LogP contribution in [0.5, 0.6) is 0 Å². The topological polar surface area (TPSA) is 9.72 Å². The molecule has 1 aliphatic carbocycles. The largest absolute Gasteiger partial charge is 0.310 e. The van der Waals surface area contributed by atoms with E-state index < -0.39 is 0 Å². The van der Waals surface area contributed by atoms with E-state index >= 15 is 0 Å². The van der Waals surface area contributed by atoms with Crippen LogP contribution in [0.25, 0.3) is 40.3 Å². The minimum Gasteiger partial charge on any atom is -0.310 e. The average Bonchev–Trinajstić information content (AvgIpc) is 3.86. The Bertz CT molecular complexity index is 3130. The van der Waals surface area contributed by atoms with Gasteiger partial charge in [0.15, 0.2) is 0 Å². The van der Waals surface area contributed by atoms with Crippen LogP contribution in [0.15, 0.2) is 218 Å². The minimum absolute atomic E-state index is 0.997. The van der Waals surface area contributed by atoms with Crippen LogP contribution in [0.2, 0.25) is 0 Å². The number of hydrogen-bond donors (Lipinski definition) is 0. The molecule has 0 bridgehead atoms. The molecule has 0 radical (unpaired) electrons. The Kier molecular flexibility index (Phi) is 9.03. The standard InChI is InChI=1S/C54H39N3S2/c1-6-20-38(21-7-1)55(39-22-8-2-9-23-39)47-36-46-44-30-16-18-32-50(44)58-52(46)37-48(47)57(42-28-14-5-15-29-42)43-34-49(54-45-31-17-19-33-51(45)59-53(54)35-43)56(40-24-10-3-11-25-40)41-26-12-4-13-27-41/h1,3-8,10-37H,2,9H2. The van der Waals surface area contributed by atoms with Crippen molar-refractivity contribution in [2.45, 2.75) is 12.8 Å². The molecule has 0 N–H and O–H groups in total. The van der Waals surface area contributed by atoms with E-state index in [0.29, 0.717) is 0 Å². The molecule has 10 aromatic rings. The fraction of sp³-hybridized carbons (Fsp3) is 0.0370. The second-order valence-electron chi connectivity index (χ2n) is 14.8. The van der Waals surface area contributed by atoms with Crippen LogP contribution in [0.3, 0.4) is 0 Å². The zero-order chi connectivity index (χ0) is 39.1. The Morgan fingerprint density at radius 1 is 0.339 bits per heavy atom. The summed E-state index contributed by atoms with van der Waals surface area (Å²) in [6.07, 6.45) is 9.03. The van der Waals surface area contributed by atoms with Gasteiger partial charge >= 0.3 is 0 Å². The highest BCUT2D eigenvalue weighted by Gasteiger charge is 2.27. The lowest BCUT2D eigenvalue weighted by Crippen LogP contribution is -2.20. The number of benzene rings is 8. The molecule has 5 heteroatoms. The van der Waals surface area contributed by atoms with Gasteiger partial charge in [-0.1, -0.05) is 121 Å². The first kappa shape index (κ1) is 35.3. The van der Waals surface area contributed by atoms with Crippen LogP contribution in [-0.2, 0) is 0 Å². The molecular weight excluding hydrogens is 755 g/mol. The Labute approximate surface area is 352 Å². The van der Waals surface area contributed by atoms with Crippen molar-refractivity contribution in [2.75, 3.05) is 14.7 Å². The van der Waals surface area contributed by atoms with Crippen molar-refractivity contribution in [2.24, 2.45) is 0 Å². The SMILES string of the molecule is C1=CC(N(c2ccccc2)c2cc3c(cc2N(c2ccccc2)c2cc(N(c4ccccc4)c4ccccc4)c4c(c2)sc2ccccc24)sc2ccccc23)=CCC1. The summed E-state index contributed by atoms with van der Waals surface area (Å²) in [6.45, 7) is 0. The molecule has 2 aromatic heterocycles. The molecule has 0 aliphatic heterocycles. The smallest absolute Gasteiger partial charge is 0.0716 e. The van der Waals surface area contributed by atoms with Gasteiger partial charge in [0.2, 0.25) is 0 Å². The number of allylic oxidation sites excluding steroid dienone is 3. The van der Waals surface area contributed by atoms with Gasteiger partial charge in [-0.15, -0.1) is 22.7 Å². The number of para-hydroxylation sites is 4. The van der Waals surface area contributed by atoms with Crippen molar-refractivity contribution < 1.29 is 0 Å². The van der Waals surface area contributed by atoms with Gasteiger partial charge in [-0.2, -0.15) is 0 Å². The van der Waals surface area contributed by atoms with Crippen molar-refractivity contribution in [1.82, 2.24) is 0 Å². The molecule has 0 unspecified atom stereocenters. The molecule has 2 heterocycles. The fourth-order valence-corrected chi connectivity index (χ4v) is 10.9. The third kappa shape index (κ3) is 6.36. The minimum atomic E-state index is 0.997. The molecule has 3 nitrogen and oxygen atoms in total. The van der Waals surface area contributed by atoms with Crippen LogP contribution < -0.4 is 14.7 Å². The maximum atomic E-state index is 2.49. The van der Waals surface area contributed by atoms with E-state index in [9.17, 15) is 0 Å². The van der Waals surface area contributed by atoms with E-state index in [-0.39, 0.29) is 0 Å². The summed E-state index contributed by atoms with van der Waals surface area (Å²) in [6, 6.07) is 70.7. The molecule has 8 aromatic carbocycles. The molecule has 0 saturated carbocycles. The molecule has 0 amide bonds. The quantitative estimate of drug-likeness (QED) is 0.144. The van der Waals surface area contributed by atoms with E-state index in [0.717, 1.165) is 58.3 Å². The summed E-state index contributed by atoms with van der Waals surface area (Å²) in [7, 11) is 0. The van der Waals surface area contributed by atoms with Crippen molar-refractivity contribution in [3.05, 3.63) is 218 Å². The van der Waals surface area contributed by atoms with Crippen molar-refractivity contribution in [3.63, 3.8) is 0 Å². The summed E-state index contributed by atoms with van der Waals surface area (Å²) in [5, 5.41) is 5.05. The van der Waals surface area contributed by atoms with Gasteiger partial charge in [0, 0.05) is 74.5 Å². The van der Waals surface area contributed by atoms with Gasteiger partial charge in [-0.05, 0) is 104 Å². The Morgan fingerprint density at radius 2 is 0.831 bits per heavy atom. The van der Waals surface area contributed by atoms with Crippen LogP contribution >= 0.6 is 22.7 Å². The second kappa shape index (κ2) is 15.1. The van der Waals surface area contributed by atoms with Crippen LogP contribution in [0.1, 0.15) is 12.8 Å². The summed E-state index contributed by atoms with van der Waals surface area (Å²) in [5.74, 6) is 0. The van der Waals surface area contributed by atoms with Gasteiger partial charge in [-0.25, -0.2) is 0 Å². The maximum absolute atomic E-state index is 2.49. The summed E-state index contributed by atoms with van der Waals surface area (Å²) in [5.41, 5.74) is 10.1. The molecule has 0 saturated heterocycles. The molecule has 282 valence electrons. The van der Waals surface area contributed by atoms with E-state index in [1.54, 1.807) is 0 Å². The van der Waals surface area contributed by atoms with Crippen LogP contribution in [-0.4, -0.2) is 0 Å². The lowest BCUT2D eigenvalue weighted by molar-refractivity contribution is 0.997. The predicted molar refractivity (Wildman–Crippen MR) is 257 cm³/mol. The number of anilines is 8. The van der Waals surface area contributed by atoms with E-state index in [2.05, 4.69) is 227 Å². The highest BCUT2D eigenvalue weighted by atomic mass is 32.1. The highest BCUT2D eigenvalue weighted by Crippen LogP contribution is 2.52. The third-order valence-electron chi connectivity index (χ3n) is 11.2. The van der Waals surface area contributed by atoms with E-state index in [4.69, 9.17) is 0 Å². The van der Waals surface area contributed by atoms with E-state index in [1.807, 2.05) is 22.7 Å². The van der Waals surface area contributed by atoms with Crippen molar-refractivity contribution >= 4 is 109 Å². The molecule has 0 spiro atoms. The fourth-order valence-electron chi connectivity index (χ4n) is 8.59. The molecule has 0 fully saturated rings. The summed E-state index contributed by atoms with van der Waals surface area (Å²) in [4.78, 5) is 7.38. The Balaban J connectivity index is 1.25. The highest BCUT2D eigenvalue weighted by molar-refractivity contribution is 7.26. The summed E-state index contributed by atoms with van der Waals surface area (Å²) < 4.78 is 5.05. The van der Waals surface area contributed by atoms with Gasteiger partial charge < -0.3 is 14.7 Å². The van der Waals surface area contributed by atoms with Gasteiger partial charge in [0.1, 0.15) is 0 Å². The molecule has 0 atom stereocenters. The number of fused-ring (bicyclic) bond motifs is 6. The molecule has 59 heavy (non-hydrogen) atoms. The third-order valence-corrected chi connectivity index (χ3v) is 13.4. The van der Waals surface area contributed by atoms with Crippen molar-refractivity contribution in [1.29, 1.82) is 0 Å². The number of hydrogen-bond acceptors (Lipinski definition) is 5. The van der Waals surface area contributed by atoms with Gasteiger partial charge in [0.25, 0.3) is 0 Å². The summed E-state index contributed by atoms with van der Waals surface area (Å²) >= 11 is 3.72. The molecular formula is C54H39N3S2. The Morgan fingerprint density at radius 3 is 1.42 bits per heavy atom. The predicted octanol–water partition coefficient (Wildman–Crippen LogP) is 16.7. The van der Waals surface area contributed by atoms with Gasteiger partial charge in [-0.3, -0.25) is 0 Å². The first-order chi connectivity index (χ1) is 29.3. The number of thiophene rings is 2. The Hall–Kier alpha value is -6.92. The first-order valence-electron chi connectivity index (χ1n) is 20.2. The van der Waals surface area contributed by atoms with Gasteiger partial charge in [0.05, 0.1) is 17.1 Å². The lowest BCUT2D eigenvalue weighted by Gasteiger charge is -2.35. The zero-order valence-electron chi connectivity index (χ0n) is 32.3. The van der Waals surface area contributed by atoms with Crippen LogP contribution in [0.4, 0.5) is 45.5 Å². The normalized spacial score (nSPS) is 12.6. The lowest BCUT2D eigenvalue weighted by atomic mass is 10.0. The first-order valence-corrected chi connectivity index (χ1v) is 21.8.